The molecule has 1 rings (SSSR count). The van der Waals surface area contributed by atoms with Gasteiger partial charge in [0.15, 0.2) is 0 Å². The van der Waals surface area contributed by atoms with E-state index in [-0.39, 0.29) is 0 Å². The van der Waals surface area contributed by atoms with Crippen LogP contribution >= 0.6 is 0 Å². The molecule has 0 saturated heterocycles. The van der Waals surface area contributed by atoms with Gasteiger partial charge in [-0.05, 0) is 51.0 Å². The average molecular weight is 213 g/mol. The Bertz CT molecular complexity index is 161. The van der Waals surface area contributed by atoms with Crippen LogP contribution in [-0.2, 0) is 4.74 Å². The van der Waals surface area contributed by atoms with Crippen LogP contribution in [0.3, 0.4) is 0 Å². The van der Waals surface area contributed by atoms with Crippen molar-refractivity contribution in [3.63, 3.8) is 0 Å². The third-order valence-corrected chi connectivity index (χ3v) is 3.96. The number of nitrogens with one attached hydrogen (secondary N) is 1. The third-order valence-electron chi connectivity index (χ3n) is 3.96. The van der Waals surface area contributed by atoms with Gasteiger partial charge in [0.25, 0.3) is 0 Å². The first-order valence-electron chi connectivity index (χ1n) is 6.48. The van der Waals surface area contributed by atoms with E-state index in [1.165, 1.54) is 38.5 Å². The zero-order valence-electron chi connectivity index (χ0n) is 10.6. The van der Waals surface area contributed by atoms with Crippen LogP contribution in [0.5, 0.6) is 0 Å². The molecule has 0 aliphatic heterocycles. The summed E-state index contributed by atoms with van der Waals surface area (Å²) in [7, 11) is 3.91. The second-order valence-corrected chi connectivity index (χ2v) is 4.88. The predicted octanol–water partition coefficient (Wildman–Crippen LogP) is 2.83. The monoisotopic (exact) mass is 213 g/mol. The summed E-state index contributed by atoms with van der Waals surface area (Å²) in [6.45, 7) is 3.25. The van der Waals surface area contributed by atoms with Gasteiger partial charge in [-0.2, -0.15) is 0 Å². The quantitative estimate of drug-likeness (QED) is 0.685. The molecule has 0 spiro atoms. The topological polar surface area (TPSA) is 21.3 Å². The predicted molar refractivity (Wildman–Crippen MR) is 65.1 cm³/mol. The molecule has 3 atom stereocenters. The Morgan fingerprint density at radius 2 is 2.13 bits per heavy atom. The summed E-state index contributed by atoms with van der Waals surface area (Å²) in [5.74, 6) is 1.85. The van der Waals surface area contributed by atoms with Crippen molar-refractivity contribution in [1.29, 1.82) is 0 Å². The molecule has 15 heavy (non-hydrogen) atoms. The highest BCUT2D eigenvalue weighted by Gasteiger charge is 2.27. The summed E-state index contributed by atoms with van der Waals surface area (Å²) in [5.41, 5.74) is 0. The number of methoxy groups -OCH3 is 1. The lowest BCUT2D eigenvalue weighted by Crippen LogP contribution is -2.38. The standard InChI is InChI=1S/C13H27NO/c1-4-11-7-8-13(14-2)12(10-11)6-5-9-15-3/h11-14H,4-10H2,1-3H3. The SMILES string of the molecule is CCC1CCC(NC)C(CCCOC)C1. The molecule has 1 aliphatic rings. The van der Waals surface area contributed by atoms with Gasteiger partial charge in [0.1, 0.15) is 0 Å². The molecular formula is C13H27NO. The number of rotatable bonds is 6. The Balaban J connectivity index is 2.33. The van der Waals surface area contributed by atoms with Crippen molar-refractivity contribution < 1.29 is 4.74 Å². The van der Waals surface area contributed by atoms with E-state index < -0.39 is 0 Å². The van der Waals surface area contributed by atoms with Gasteiger partial charge in [-0.15, -0.1) is 0 Å². The average Bonchev–Trinajstić information content (AvgIpc) is 2.29. The first-order valence-corrected chi connectivity index (χ1v) is 6.48. The summed E-state index contributed by atoms with van der Waals surface area (Å²) in [6.07, 6.45) is 8.12. The van der Waals surface area contributed by atoms with Crippen molar-refractivity contribution in [2.24, 2.45) is 11.8 Å². The van der Waals surface area contributed by atoms with Crippen LogP contribution in [0, 0.1) is 11.8 Å². The minimum absolute atomic E-state index is 0.754. The van der Waals surface area contributed by atoms with Gasteiger partial charge >= 0.3 is 0 Å². The van der Waals surface area contributed by atoms with Crippen LogP contribution < -0.4 is 5.32 Å². The van der Waals surface area contributed by atoms with E-state index in [1.54, 1.807) is 7.11 Å². The van der Waals surface area contributed by atoms with Gasteiger partial charge in [-0.25, -0.2) is 0 Å². The molecule has 1 fully saturated rings. The van der Waals surface area contributed by atoms with E-state index in [1.807, 2.05) is 0 Å². The van der Waals surface area contributed by atoms with Crippen molar-refractivity contribution in [2.45, 2.75) is 51.5 Å². The Labute approximate surface area is 94.8 Å². The van der Waals surface area contributed by atoms with E-state index in [9.17, 15) is 0 Å². The molecule has 0 radical (unpaired) electrons. The van der Waals surface area contributed by atoms with Gasteiger partial charge in [0, 0.05) is 19.8 Å². The molecule has 0 heterocycles. The van der Waals surface area contributed by atoms with Crippen LogP contribution in [0.1, 0.15) is 45.4 Å². The van der Waals surface area contributed by atoms with E-state index in [0.29, 0.717) is 0 Å². The minimum atomic E-state index is 0.754. The van der Waals surface area contributed by atoms with Crippen molar-refractivity contribution in [3.05, 3.63) is 0 Å². The molecule has 0 aromatic heterocycles. The lowest BCUT2D eigenvalue weighted by molar-refractivity contribution is 0.157. The zero-order valence-corrected chi connectivity index (χ0v) is 10.6. The summed E-state index contributed by atoms with van der Waals surface area (Å²) in [5, 5.41) is 3.48. The zero-order chi connectivity index (χ0) is 11.1. The normalized spacial score (nSPS) is 31.8. The first kappa shape index (κ1) is 13.0. The summed E-state index contributed by atoms with van der Waals surface area (Å²) in [6, 6.07) is 0.754. The fraction of sp³-hybridized carbons (Fsp3) is 1.00. The maximum absolute atomic E-state index is 5.13. The molecule has 0 bridgehead atoms. The maximum atomic E-state index is 5.13. The lowest BCUT2D eigenvalue weighted by Gasteiger charge is -2.36. The summed E-state index contributed by atoms with van der Waals surface area (Å²) in [4.78, 5) is 0. The summed E-state index contributed by atoms with van der Waals surface area (Å²) >= 11 is 0. The fourth-order valence-electron chi connectivity index (χ4n) is 2.92. The highest BCUT2D eigenvalue weighted by Crippen LogP contribution is 2.33. The van der Waals surface area contributed by atoms with Crippen LogP contribution in [0.15, 0.2) is 0 Å². The largest absolute Gasteiger partial charge is 0.385 e. The number of hydrogen-bond donors (Lipinski definition) is 1. The van der Waals surface area contributed by atoms with E-state index >= 15 is 0 Å². The molecule has 1 saturated carbocycles. The molecular weight excluding hydrogens is 186 g/mol. The van der Waals surface area contributed by atoms with Crippen LogP contribution in [-0.4, -0.2) is 26.8 Å². The Morgan fingerprint density at radius 1 is 1.33 bits per heavy atom. The highest BCUT2D eigenvalue weighted by molar-refractivity contribution is 4.83. The van der Waals surface area contributed by atoms with Crippen molar-refractivity contribution in [3.8, 4) is 0 Å². The van der Waals surface area contributed by atoms with Gasteiger partial charge in [-0.1, -0.05) is 13.3 Å². The number of hydrogen-bond acceptors (Lipinski definition) is 2. The van der Waals surface area contributed by atoms with Gasteiger partial charge in [-0.3, -0.25) is 0 Å². The van der Waals surface area contributed by atoms with E-state index in [4.69, 9.17) is 4.74 Å². The third kappa shape index (κ3) is 4.12. The molecule has 1 N–H and O–H groups in total. The molecule has 2 nitrogen and oxygen atoms in total. The molecule has 1 aliphatic carbocycles. The second-order valence-electron chi connectivity index (χ2n) is 4.88. The van der Waals surface area contributed by atoms with Gasteiger partial charge < -0.3 is 10.1 Å². The van der Waals surface area contributed by atoms with Crippen LogP contribution in [0.25, 0.3) is 0 Å². The van der Waals surface area contributed by atoms with Crippen molar-refractivity contribution in [1.82, 2.24) is 5.32 Å². The maximum Gasteiger partial charge on any atom is 0.0462 e. The lowest BCUT2D eigenvalue weighted by atomic mass is 9.75. The van der Waals surface area contributed by atoms with Gasteiger partial charge in [0.2, 0.25) is 0 Å². The second kappa shape index (κ2) is 7.24. The molecule has 90 valence electrons. The Hall–Kier alpha value is -0.0800. The van der Waals surface area contributed by atoms with E-state index in [0.717, 1.165) is 24.5 Å². The van der Waals surface area contributed by atoms with Crippen molar-refractivity contribution >= 4 is 0 Å². The van der Waals surface area contributed by atoms with Crippen molar-refractivity contribution in [2.75, 3.05) is 20.8 Å². The minimum Gasteiger partial charge on any atom is -0.385 e. The molecule has 3 unspecified atom stereocenters. The Kier molecular flexibility index (Phi) is 6.26. The molecule has 0 aromatic carbocycles. The summed E-state index contributed by atoms with van der Waals surface area (Å²) < 4.78 is 5.13. The van der Waals surface area contributed by atoms with E-state index in [2.05, 4.69) is 19.3 Å². The van der Waals surface area contributed by atoms with Gasteiger partial charge in [0.05, 0.1) is 0 Å². The Morgan fingerprint density at radius 3 is 2.73 bits per heavy atom. The smallest absolute Gasteiger partial charge is 0.0462 e. The molecule has 2 heteroatoms. The molecule has 0 aromatic rings. The highest BCUT2D eigenvalue weighted by atomic mass is 16.5. The van der Waals surface area contributed by atoms with Crippen LogP contribution in [0.2, 0.25) is 0 Å². The first-order chi connectivity index (χ1) is 7.31. The number of ether oxygens (including phenoxy) is 1. The molecule has 0 amide bonds. The van der Waals surface area contributed by atoms with Crippen LogP contribution in [0.4, 0.5) is 0 Å². The fourth-order valence-corrected chi connectivity index (χ4v) is 2.92.